The first-order valence-electron chi connectivity index (χ1n) is 6.44. The second-order valence-electron chi connectivity index (χ2n) is 5.01. The van der Waals surface area contributed by atoms with E-state index in [0.717, 1.165) is 16.7 Å². The van der Waals surface area contributed by atoms with Crippen molar-refractivity contribution in [3.63, 3.8) is 0 Å². The second-order valence-corrected chi connectivity index (χ2v) is 5.01. The number of Topliss-reactive ketones (excluding diaryl/α,β-unsaturated/α-hetero) is 1. The zero-order valence-corrected chi connectivity index (χ0v) is 11.2. The highest BCUT2D eigenvalue weighted by Gasteiger charge is 2.08. The average Bonchev–Trinajstić information content (AvgIpc) is 2.39. The summed E-state index contributed by atoms with van der Waals surface area (Å²) in [7, 11) is 0. The summed E-state index contributed by atoms with van der Waals surface area (Å²) in [5.74, 6) is 0.0537. The lowest BCUT2D eigenvalue weighted by Crippen LogP contribution is -2.09. The Kier molecular flexibility index (Phi) is 4.10. The molecule has 0 saturated heterocycles. The zero-order chi connectivity index (χ0) is 13.8. The van der Waals surface area contributed by atoms with E-state index >= 15 is 0 Å². The predicted molar refractivity (Wildman–Crippen MR) is 75.4 cm³/mol. The van der Waals surface area contributed by atoms with Gasteiger partial charge in [0, 0.05) is 12.3 Å². The van der Waals surface area contributed by atoms with Crippen LogP contribution < -0.4 is 0 Å². The minimum atomic E-state index is -0.239. The number of benzene rings is 2. The smallest absolute Gasteiger partial charge is 0.139 e. The first-order valence-corrected chi connectivity index (χ1v) is 6.44. The fourth-order valence-corrected chi connectivity index (χ4v) is 1.89. The van der Waals surface area contributed by atoms with Crippen LogP contribution in [0.1, 0.15) is 19.4 Å². The Morgan fingerprint density at radius 1 is 1.05 bits per heavy atom. The van der Waals surface area contributed by atoms with Gasteiger partial charge in [0.2, 0.25) is 0 Å². The second kappa shape index (κ2) is 5.79. The maximum Gasteiger partial charge on any atom is 0.139 e. The van der Waals surface area contributed by atoms with Crippen LogP contribution in [0.15, 0.2) is 48.5 Å². The van der Waals surface area contributed by atoms with Gasteiger partial charge in [0.25, 0.3) is 0 Å². The molecule has 2 aromatic carbocycles. The summed E-state index contributed by atoms with van der Waals surface area (Å²) in [5, 5.41) is 0. The van der Waals surface area contributed by atoms with Crippen molar-refractivity contribution in [1.82, 2.24) is 0 Å². The van der Waals surface area contributed by atoms with Crippen LogP contribution >= 0.6 is 0 Å². The van der Waals surface area contributed by atoms with Gasteiger partial charge < -0.3 is 0 Å². The summed E-state index contributed by atoms with van der Waals surface area (Å²) in [6.07, 6.45) is 0.459. The lowest BCUT2D eigenvalue weighted by atomic mass is 9.98. The Morgan fingerprint density at radius 3 is 2.32 bits per heavy atom. The number of carbonyl (C=O) groups is 1. The Bertz CT molecular complexity index is 570. The summed E-state index contributed by atoms with van der Waals surface area (Å²) in [4.78, 5) is 11.7. The van der Waals surface area contributed by atoms with Crippen LogP contribution in [0.4, 0.5) is 4.39 Å². The highest BCUT2D eigenvalue weighted by atomic mass is 19.1. The topological polar surface area (TPSA) is 17.1 Å². The summed E-state index contributed by atoms with van der Waals surface area (Å²) >= 11 is 0. The molecule has 0 fully saturated rings. The molecule has 0 heterocycles. The quantitative estimate of drug-likeness (QED) is 0.798. The molecule has 0 atom stereocenters. The van der Waals surface area contributed by atoms with E-state index < -0.39 is 0 Å². The Hall–Kier alpha value is -1.96. The van der Waals surface area contributed by atoms with Gasteiger partial charge in [-0.2, -0.15) is 0 Å². The van der Waals surface area contributed by atoms with Crippen molar-refractivity contribution in [1.29, 1.82) is 0 Å². The molecule has 0 unspecified atom stereocenters. The highest BCUT2D eigenvalue weighted by Crippen LogP contribution is 2.21. The van der Waals surface area contributed by atoms with Crippen LogP contribution in [0.5, 0.6) is 0 Å². The van der Waals surface area contributed by atoms with E-state index in [1.165, 1.54) is 12.1 Å². The van der Waals surface area contributed by atoms with E-state index in [1.807, 2.05) is 44.2 Å². The van der Waals surface area contributed by atoms with Crippen LogP contribution in [-0.4, -0.2) is 5.78 Å². The summed E-state index contributed by atoms with van der Waals surface area (Å²) in [6, 6.07) is 14.2. The molecule has 98 valence electrons. The van der Waals surface area contributed by atoms with Crippen molar-refractivity contribution in [2.45, 2.75) is 20.3 Å². The van der Waals surface area contributed by atoms with Gasteiger partial charge in [-0.3, -0.25) is 4.79 Å². The first kappa shape index (κ1) is 13.5. The van der Waals surface area contributed by atoms with Crippen LogP contribution in [0.2, 0.25) is 0 Å². The third kappa shape index (κ3) is 3.50. The number of hydrogen-bond donors (Lipinski definition) is 0. The standard InChI is InChI=1S/C17H17FO/c1-12(2)17(19)10-13-6-8-14(9-7-13)15-4-3-5-16(18)11-15/h3-9,11-12H,10H2,1-2H3. The lowest BCUT2D eigenvalue weighted by Gasteiger charge is -2.06. The number of hydrogen-bond acceptors (Lipinski definition) is 1. The number of rotatable bonds is 4. The maximum atomic E-state index is 13.1. The van der Waals surface area contributed by atoms with Gasteiger partial charge in [-0.05, 0) is 28.8 Å². The predicted octanol–water partition coefficient (Wildman–Crippen LogP) is 4.26. The van der Waals surface area contributed by atoms with E-state index in [1.54, 1.807) is 6.07 Å². The number of halogens is 1. The third-order valence-corrected chi connectivity index (χ3v) is 3.13. The van der Waals surface area contributed by atoms with E-state index in [-0.39, 0.29) is 17.5 Å². The van der Waals surface area contributed by atoms with Crippen molar-refractivity contribution in [2.24, 2.45) is 5.92 Å². The fourth-order valence-electron chi connectivity index (χ4n) is 1.89. The molecular formula is C17H17FO. The molecule has 2 aromatic rings. The molecular weight excluding hydrogens is 239 g/mol. The van der Waals surface area contributed by atoms with Gasteiger partial charge in [-0.25, -0.2) is 4.39 Å². The molecule has 0 bridgehead atoms. The van der Waals surface area contributed by atoms with Crippen LogP contribution in [0, 0.1) is 11.7 Å². The molecule has 0 aliphatic carbocycles. The number of carbonyl (C=O) groups excluding carboxylic acids is 1. The van der Waals surface area contributed by atoms with Gasteiger partial charge in [-0.1, -0.05) is 50.2 Å². The largest absolute Gasteiger partial charge is 0.299 e. The maximum absolute atomic E-state index is 13.1. The van der Waals surface area contributed by atoms with E-state index in [4.69, 9.17) is 0 Å². The first-order chi connectivity index (χ1) is 9.06. The van der Waals surface area contributed by atoms with Crippen molar-refractivity contribution < 1.29 is 9.18 Å². The SMILES string of the molecule is CC(C)C(=O)Cc1ccc(-c2cccc(F)c2)cc1. The molecule has 0 aliphatic heterocycles. The molecule has 0 spiro atoms. The van der Waals surface area contributed by atoms with Gasteiger partial charge in [-0.15, -0.1) is 0 Å². The van der Waals surface area contributed by atoms with Crippen molar-refractivity contribution in [2.75, 3.05) is 0 Å². The van der Waals surface area contributed by atoms with E-state index in [2.05, 4.69) is 0 Å². The van der Waals surface area contributed by atoms with Crippen LogP contribution in [0.3, 0.4) is 0 Å². The number of ketones is 1. The van der Waals surface area contributed by atoms with E-state index in [0.29, 0.717) is 6.42 Å². The monoisotopic (exact) mass is 256 g/mol. The molecule has 0 aromatic heterocycles. The average molecular weight is 256 g/mol. The molecule has 1 nitrogen and oxygen atoms in total. The van der Waals surface area contributed by atoms with Gasteiger partial charge in [0.05, 0.1) is 0 Å². The lowest BCUT2D eigenvalue weighted by molar-refractivity contribution is -0.121. The third-order valence-electron chi connectivity index (χ3n) is 3.13. The fraction of sp³-hybridized carbons (Fsp3) is 0.235. The summed E-state index contributed by atoms with van der Waals surface area (Å²) in [6.45, 7) is 3.81. The molecule has 2 rings (SSSR count). The highest BCUT2D eigenvalue weighted by molar-refractivity contribution is 5.82. The summed E-state index contributed by atoms with van der Waals surface area (Å²) in [5.41, 5.74) is 2.81. The molecule has 0 radical (unpaired) electrons. The normalized spacial score (nSPS) is 10.7. The molecule has 2 heteroatoms. The van der Waals surface area contributed by atoms with Crippen molar-refractivity contribution >= 4 is 5.78 Å². The minimum Gasteiger partial charge on any atom is -0.299 e. The summed E-state index contributed by atoms with van der Waals surface area (Å²) < 4.78 is 13.1. The Morgan fingerprint density at radius 2 is 1.74 bits per heavy atom. The minimum absolute atomic E-state index is 0.0582. The molecule has 0 saturated carbocycles. The Balaban J connectivity index is 2.17. The Labute approximate surface area is 113 Å². The van der Waals surface area contributed by atoms with Crippen LogP contribution in [-0.2, 0) is 11.2 Å². The van der Waals surface area contributed by atoms with Gasteiger partial charge >= 0.3 is 0 Å². The van der Waals surface area contributed by atoms with Gasteiger partial charge in [0.1, 0.15) is 11.6 Å². The molecule has 0 N–H and O–H groups in total. The van der Waals surface area contributed by atoms with Crippen LogP contribution in [0.25, 0.3) is 11.1 Å². The molecule has 0 amide bonds. The van der Waals surface area contributed by atoms with Crippen molar-refractivity contribution in [3.05, 3.63) is 59.9 Å². The van der Waals surface area contributed by atoms with Crippen molar-refractivity contribution in [3.8, 4) is 11.1 Å². The molecule has 0 aliphatic rings. The van der Waals surface area contributed by atoms with Gasteiger partial charge in [0.15, 0.2) is 0 Å². The molecule has 19 heavy (non-hydrogen) atoms. The zero-order valence-electron chi connectivity index (χ0n) is 11.2. The van der Waals surface area contributed by atoms with E-state index in [9.17, 15) is 9.18 Å².